The van der Waals surface area contributed by atoms with Crippen LogP contribution >= 0.6 is 52.1 Å². The molecule has 7 heteroatoms. The first-order chi connectivity index (χ1) is 10.6. The third-order valence-corrected chi connectivity index (χ3v) is 6.46. The van der Waals surface area contributed by atoms with Gasteiger partial charge in [0.1, 0.15) is 5.75 Å². The highest BCUT2D eigenvalue weighted by Gasteiger charge is 2.29. The zero-order chi connectivity index (χ0) is 15.7. The monoisotopic (exact) mass is 452 g/mol. The number of hydrogen-bond acceptors (Lipinski definition) is 4. The Balaban J connectivity index is 0.00000144. The molecule has 2 heterocycles. The molecule has 0 spiro atoms. The Morgan fingerprint density at radius 2 is 1.92 bits per heavy atom. The Morgan fingerprint density at radius 3 is 2.50 bits per heavy atom. The van der Waals surface area contributed by atoms with E-state index in [1.54, 1.807) is 11.3 Å². The molecule has 0 bridgehead atoms. The van der Waals surface area contributed by atoms with Crippen molar-refractivity contribution in [2.75, 3.05) is 26.2 Å². The molecule has 1 aliphatic heterocycles. The molecule has 1 saturated heterocycles. The topological polar surface area (TPSA) is 35.5 Å². The van der Waals surface area contributed by atoms with E-state index in [9.17, 15) is 5.11 Å². The number of aryl methyl sites for hydroxylation is 1. The second-order valence-corrected chi connectivity index (χ2v) is 7.54. The molecule has 0 aliphatic carbocycles. The maximum Gasteiger partial charge on any atom is 0.121 e. The fraction of sp³-hybridized carbons (Fsp3) is 0.412. The molecule has 1 aromatic heterocycles. The summed E-state index contributed by atoms with van der Waals surface area (Å²) in [6.07, 6.45) is 0. The summed E-state index contributed by atoms with van der Waals surface area (Å²) in [5.74, 6) is 0.398. The van der Waals surface area contributed by atoms with Gasteiger partial charge in [0.2, 0.25) is 0 Å². The predicted octanol–water partition coefficient (Wildman–Crippen LogP) is 4.67. The van der Waals surface area contributed by atoms with Crippen LogP contribution in [0.5, 0.6) is 5.75 Å². The lowest BCUT2D eigenvalue weighted by atomic mass is 9.95. The maximum absolute atomic E-state index is 10.6. The van der Waals surface area contributed by atoms with E-state index in [0.29, 0.717) is 5.75 Å². The molecule has 0 radical (unpaired) electrons. The Bertz CT molecular complexity index is 661. The standard InChI is InChI=1S/C17H21BrN2OS.2ClH/c1-11-10-13(21)15(12(2)16(11)18)17(14-4-3-9-22-14)20-7-5-19-6-8-20;;/h3-4,9-10,17,19,21H,5-8H2,1-2H3;2*1H/t17-;;/m0../s1. The summed E-state index contributed by atoms with van der Waals surface area (Å²) in [4.78, 5) is 3.75. The number of phenolic OH excluding ortho intramolecular Hbond substituents is 1. The maximum atomic E-state index is 10.6. The molecule has 2 N–H and O–H groups in total. The SMILES string of the molecule is Cc1cc(O)c([C@H](c2cccs2)N2CCNCC2)c(C)c1Br.Cl.Cl. The van der Waals surface area contributed by atoms with Gasteiger partial charge in [-0.1, -0.05) is 22.0 Å². The van der Waals surface area contributed by atoms with Crippen LogP contribution in [0.1, 0.15) is 27.6 Å². The molecule has 2 aromatic rings. The van der Waals surface area contributed by atoms with Gasteiger partial charge < -0.3 is 10.4 Å². The Kier molecular flexibility index (Phi) is 8.53. The Hall–Kier alpha value is -0.300. The molecule has 24 heavy (non-hydrogen) atoms. The van der Waals surface area contributed by atoms with Gasteiger partial charge in [-0.3, -0.25) is 4.90 Å². The second kappa shape index (κ2) is 9.41. The van der Waals surface area contributed by atoms with Crippen molar-refractivity contribution in [3.05, 3.63) is 49.6 Å². The van der Waals surface area contributed by atoms with Gasteiger partial charge in [0, 0.05) is 41.1 Å². The average molecular weight is 454 g/mol. The summed E-state index contributed by atoms with van der Waals surface area (Å²) in [5.41, 5.74) is 3.24. The number of rotatable bonds is 3. The molecule has 1 aliphatic rings. The minimum absolute atomic E-state index is 0. The molecule has 1 atom stereocenters. The van der Waals surface area contributed by atoms with E-state index in [1.807, 2.05) is 13.0 Å². The Labute approximate surface area is 168 Å². The van der Waals surface area contributed by atoms with Crippen LogP contribution in [0.25, 0.3) is 0 Å². The molecule has 3 rings (SSSR count). The Morgan fingerprint density at radius 1 is 1.25 bits per heavy atom. The molecule has 0 amide bonds. The van der Waals surface area contributed by atoms with Crippen LogP contribution < -0.4 is 5.32 Å². The summed E-state index contributed by atoms with van der Waals surface area (Å²) in [6, 6.07) is 6.25. The van der Waals surface area contributed by atoms with Crippen molar-refractivity contribution in [1.82, 2.24) is 10.2 Å². The first-order valence-electron chi connectivity index (χ1n) is 7.56. The number of benzene rings is 1. The zero-order valence-electron chi connectivity index (χ0n) is 13.7. The smallest absolute Gasteiger partial charge is 0.121 e. The molecule has 3 nitrogen and oxygen atoms in total. The highest BCUT2D eigenvalue weighted by Crippen LogP contribution is 2.41. The lowest BCUT2D eigenvalue weighted by molar-refractivity contribution is 0.197. The van der Waals surface area contributed by atoms with E-state index in [4.69, 9.17) is 0 Å². The molecule has 0 unspecified atom stereocenters. The van der Waals surface area contributed by atoms with Gasteiger partial charge in [-0.15, -0.1) is 36.2 Å². The highest BCUT2D eigenvalue weighted by molar-refractivity contribution is 9.10. The van der Waals surface area contributed by atoms with Crippen LogP contribution in [0.15, 0.2) is 28.1 Å². The normalized spacial score (nSPS) is 16.1. The van der Waals surface area contributed by atoms with Gasteiger partial charge in [0.25, 0.3) is 0 Å². The van der Waals surface area contributed by atoms with Crippen molar-refractivity contribution >= 4 is 52.1 Å². The zero-order valence-corrected chi connectivity index (χ0v) is 17.7. The van der Waals surface area contributed by atoms with E-state index in [-0.39, 0.29) is 30.9 Å². The minimum Gasteiger partial charge on any atom is -0.508 e. The van der Waals surface area contributed by atoms with Gasteiger partial charge >= 0.3 is 0 Å². The first kappa shape index (κ1) is 21.7. The number of thiophene rings is 1. The summed E-state index contributed by atoms with van der Waals surface area (Å²) in [5, 5.41) is 16.2. The van der Waals surface area contributed by atoms with Crippen LogP contribution in [0, 0.1) is 13.8 Å². The average Bonchev–Trinajstić information content (AvgIpc) is 3.04. The largest absolute Gasteiger partial charge is 0.508 e. The minimum atomic E-state index is 0. The van der Waals surface area contributed by atoms with Gasteiger partial charge in [-0.25, -0.2) is 0 Å². The van der Waals surface area contributed by atoms with Gasteiger partial charge in [-0.05, 0) is 42.5 Å². The summed E-state index contributed by atoms with van der Waals surface area (Å²) in [6.45, 7) is 8.09. The van der Waals surface area contributed by atoms with Crippen LogP contribution in [-0.4, -0.2) is 36.2 Å². The van der Waals surface area contributed by atoms with E-state index >= 15 is 0 Å². The quantitative estimate of drug-likeness (QED) is 0.708. The fourth-order valence-corrected chi connectivity index (χ4v) is 4.38. The third-order valence-electron chi connectivity index (χ3n) is 4.31. The van der Waals surface area contributed by atoms with E-state index < -0.39 is 0 Å². The van der Waals surface area contributed by atoms with Crippen LogP contribution in [0.3, 0.4) is 0 Å². The lowest BCUT2D eigenvalue weighted by Gasteiger charge is -2.36. The molecule has 0 saturated carbocycles. The number of halogens is 3. The van der Waals surface area contributed by atoms with Gasteiger partial charge in [0.15, 0.2) is 0 Å². The molecular formula is C17H23BrCl2N2OS. The van der Waals surface area contributed by atoms with Crippen LogP contribution in [0.4, 0.5) is 0 Å². The van der Waals surface area contributed by atoms with Crippen molar-refractivity contribution in [3.8, 4) is 5.75 Å². The van der Waals surface area contributed by atoms with E-state index in [1.165, 1.54) is 4.88 Å². The number of hydrogen-bond donors (Lipinski definition) is 2. The number of aromatic hydroxyl groups is 1. The lowest BCUT2D eigenvalue weighted by Crippen LogP contribution is -2.45. The molecule has 134 valence electrons. The number of nitrogens with zero attached hydrogens (tertiary/aromatic N) is 1. The fourth-order valence-electron chi connectivity index (χ4n) is 3.19. The third kappa shape index (κ3) is 4.26. The summed E-state index contributed by atoms with van der Waals surface area (Å²) < 4.78 is 1.09. The van der Waals surface area contributed by atoms with E-state index in [2.05, 4.69) is 50.6 Å². The molecular weight excluding hydrogens is 431 g/mol. The number of nitrogens with one attached hydrogen (secondary N) is 1. The van der Waals surface area contributed by atoms with Gasteiger partial charge in [-0.2, -0.15) is 0 Å². The first-order valence-corrected chi connectivity index (χ1v) is 9.23. The van der Waals surface area contributed by atoms with Crippen LogP contribution in [0.2, 0.25) is 0 Å². The number of phenols is 1. The highest BCUT2D eigenvalue weighted by atomic mass is 79.9. The van der Waals surface area contributed by atoms with E-state index in [0.717, 1.165) is 47.3 Å². The predicted molar refractivity (Wildman–Crippen MR) is 110 cm³/mol. The molecule has 1 aromatic carbocycles. The molecule has 1 fully saturated rings. The second-order valence-electron chi connectivity index (χ2n) is 5.77. The van der Waals surface area contributed by atoms with Gasteiger partial charge in [0.05, 0.1) is 6.04 Å². The number of piperazine rings is 1. The summed E-state index contributed by atoms with van der Waals surface area (Å²) >= 11 is 5.44. The van der Waals surface area contributed by atoms with Crippen molar-refractivity contribution in [2.45, 2.75) is 19.9 Å². The van der Waals surface area contributed by atoms with Crippen molar-refractivity contribution in [1.29, 1.82) is 0 Å². The van der Waals surface area contributed by atoms with Crippen LogP contribution in [-0.2, 0) is 0 Å². The van der Waals surface area contributed by atoms with Crippen molar-refractivity contribution in [3.63, 3.8) is 0 Å². The van der Waals surface area contributed by atoms with Crippen molar-refractivity contribution < 1.29 is 5.11 Å². The van der Waals surface area contributed by atoms with Crippen molar-refractivity contribution in [2.24, 2.45) is 0 Å². The summed E-state index contributed by atoms with van der Waals surface area (Å²) in [7, 11) is 0.